The van der Waals surface area contributed by atoms with E-state index < -0.39 is 0 Å². The number of para-hydroxylation sites is 1. The molecule has 0 aliphatic heterocycles. The molecule has 0 saturated heterocycles. The standard InChI is InChI=1S/C15H20N4O2/c1-12(11-20)6-5-9-16-15(21)14-10-17-19(18-14)13-7-3-2-4-8-13/h2-4,7-8,10,12,20H,5-6,9,11H2,1H3,(H,16,21). The predicted molar refractivity (Wildman–Crippen MR) is 79.2 cm³/mol. The fraction of sp³-hybridized carbons (Fsp3) is 0.400. The molecular formula is C15H20N4O2. The third-order valence-electron chi connectivity index (χ3n) is 3.18. The lowest BCUT2D eigenvalue weighted by Crippen LogP contribution is -2.25. The fourth-order valence-electron chi connectivity index (χ4n) is 1.89. The van der Waals surface area contributed by atoms with Crippen molar-refractivity contribution < 1.29 is 9.90 Å². The Morgan fingerprint density at radius 2 is 2.14 bits per heavy atom. The Kier molecular flexibility index (Phi) is 5.45. The van der Waals surface area contributed by atoms with Crippen LogP contribution in [0.3, 0.4) is 0 Å². The second-order valence-electron chi connectivity index (χ2n) is 5.04. The molecule has 0 fully saturated rings. The van der Waals surface area contributed by atoms with Crippen molar-refractivity contribution in [1.29, 1.82) is 0 Å². The minimum Gasteiger partial charge on any atom is -0.396 e. The van der Waals surface area contributed by atoms with Crippen LogP contribution in [0, 0.1) is 5.92 Å². The van der Waals surface area contributed by atoms with Crippen LogP contribution in [-0.4, -0.2) is 39.2 Å². The second kappa shape index (κ2) is 7.54. The van der Waals surface area contributed by atoms with Gasteiger partial charge in [-0.2, -0.15) is 9.90 Å². The number of nitrogens with zero attached hydrogens (tertiary/aromatic N) is 3. The van der Waals surface area contributed by atoms with Crippen molar-refractivity contribution in [2.45, 2.75) is 19.8 Å². The van der Waals surface area contributed by atoms with E-state index in [2.05, 4.69) is 15.5 Å². The monoisotopic (exact) mass is 288 g/mol. The van der Waals surface area contributed by atoms with Crippen LogP contribution >= 0.6 is 0 Å². The molecule has 0 spiro atoms. The van der Waals surface area contributed by atoms with Crippen LogP contribution in [0.2, 0.25) is 0 Å². The van der Waals surface area contributed by atoms with Gasteiger partial charge in [0, 0.05) is 13.2 Å². The van der Waals surface area contributed by atoms with Crippen molar-refractivity contribution in [1.82, 2.24) is 20.3 Å². The zero-order valence-corrected chi connectivity index (χ0v) is 12.1. The zero-order chi connectivity index (χ0) is 15.1. The molecule has 2 N–H and O–H groups in total. The van der Waals surface area contributed by atoms with E-state index >= 15 is 0 Å². The summed E-state index contributed by atoms with van der Waals surface area (Å²) in [5.74, 6) is 0.0368. The topological polar surface area (TPSA) is 80.0 Å². The first kappa shape index (κ1) is 15.2. The average molecular weight is 288 g/mol. The van der Waals surface area contributed by atoms with Gasteiger partial charge in [-0.15, -0.1) is 5.10 Å². The van der Waals surface area contributed by atoms with Crippen LogP contribution < -0.4 is 5.32 Å². The number of benzene rings is 1. The quantitative estimate of drug-likeness (QED) is 0.755. The van der Waals surface area contributed by atoms with E-state index in [0.717, 1.165) is 18.5 Å². The van der Waals surface area contributed by atoms with Crippen LogP contribution in [0.4, 0.5) is 0 Å². The molecule has 1 unspecified atom stereocenters. The van der Waals surface area contributed by atoms with Crippen molar-refractivity contribution >= 4 is 5.91 Å². The van der Waals surface area contributed by atoms with Gasteiger partial charge in [0.2, 0.25) is 0 Å². The molecule has 21 heavy (non-hydrogen) atoms. The molecular weight excluding hydrogens is 268 g/mol. The molecule has 0 aliphatic carbocycles. The smallest absolute Gasteiger partial charge is 0.273 e. The van der Waals surface area contributed by atoms with Gasteiger partial charge in [0.1, 0.15) is 0 Å². The molecule has 1 aromatic carbocycles. The number of hydrogen-bond donors (Lipinski definition) is 2. The van der Waals surface area contributed by atoms with E-state index in [4.69, 9.17) is 5.11 Å². The Bertz CT molecular complexity index is 568. The highest BCUT2D eigenvalue weighted by Gasteiger charge is 2.11. The summed E-state index contributed by atoms with van der Waals surface area (Å²) in [4.78, 5) is 13.4. The maximum absolute atomic E-state index is 11.9. The van der Waals surface area contributed by atoms with Gasteiger partial charge in [-0.25, -0.2) is 0 Å². The van der Waals surface area contributed by atoms with Crippen molar-refractivity contribution in [2.75, 3.05) is 13.2 Å². The van der Waals surface area contributed by atoms with Gasteiger partial charge in [0.05, 0.1) is 11.9 Å². The van der Waals surface area contributed by atoms with Gasteiger partial charge in [0.15, 0.2) is 5.69 Å². The molecule has 1 atom stereocenters. The summed E-state index contributed by atoms with van der Waals surface area (Å²) in [5.41, 5.74) is 1.11. The lowest BCUT2D eigenvalue weighted by molar-refractivity contribution is 0.0946. The minimum absolute atomic E-state index is 0.180. The predicted octanol–water partition coefficient (Wildman–Crippen LogP) is 1.41. The molecule has 2 aromatic rings. The van der Waals surface area contributed by atoms with E-state index in [0.29, 0.717) is 12.2 Å². The number of aliphatic hydroxyl groups is 1. The second-order valence-corrected chi connectivity index (χ2v) is 5.04. The third-order valence-corrected chi connectivity index (χ3v) is 3.18. The van der Waals surface area contributed by atoms with E-state index in [1.807, 2.05) is 37.3 Å². The molecule has 0 saturated carbocycles. The zero-order valence-electron chi connectivity index (χ0n) is 12.1. The number of aliphatic hydroxyl groups excluding tert-OH is 1. The summed E-state index contributed by atoms with van der Waals surface area (Å²) in [5, 5.41) is 20.0. The van der Waals surface area contributed by atoms with Crippen LogP contribution in [0.5, 0.6) is 0 Å². The lowest BCUT2D eigenvalue weighted by atomic mass is 10.1. The third kappa shape index (κ3) is 4.39. The summed E-state index contributed by atoms with van der Waals surface area (Å²) >= 11 is 0. The van der Waals surface area contributed by atoms with Gasteiger partial charge in [-0.3, -0.25) is 4.79 Å². The SMILES string of the molecule is CC(CO)CCCNC(=O)c1cnn(-c2ccccc2)n1. The van der Waals surface area contributed by atoms with E-state index in [9.17, 15) is 4.79 Å². The summed E-state index contributed by atoms with van der Waals surface area (Å²) in [6, 6.07) is 9.44. The molecule has 2 rings (SSSR count). The summed E-state index contributed by atoms with van der Waals surface area (Å²) in [6.45, 7) is 2.73. The van der Waals surface area contributed by atoms with Crippen molar-refractivity contribution in [3.05, 3.63) is 42.2 Å². The summed E-state index contributed by atoms with van der Waals surface area (Å²) in [7, 11) is 0. The molecule has 6 nitrogen and oxygen atoms in total. The molecule has 112 valence electrons. The maximum Gasteiger partial charge on any atom is 0.273 e. The molecule has 1 amide bonds. The van der Waals surface area contributed by atoms with Crippen LogP contribution in [-0.2, 0) is 0 Å². The van der Waals surface area contributed by atoms with Crippen LogP contribution in [0.1, 0.15) is 30.3 Å². The number of aromatic nitrogens is 3. The van der Waals surface area contributed by atoms with Crippen molar-refractivity contribution in [3.8, 4) is 5.69 Å². The molecule has 1 aromatic heterocycles. The molecule has 6 heteroatoms. The Labute approximate surface area is 123 Å². The molecule has 0 aliphatic rings. The number of carbonyl (C=O) groups is 1. The number of nitrogens with one attached hydrogen (secondary N) is 1. The Hall–Kier alpha value is -2.21. The Morgan fingerprint density at radius 1 is 1.38 bits per heavy atom. The minimum atomic E-state index is -0.228. The van der Waals surface area contributed by atoms with Crippen molar-refractivity contribution in [3.63, 3.8) is 0 Å². The Morgan fingerprint density at radius 3 is 2.86 bits per heavy atom. The number of hydrogen-bond acceptors (Lipinski definition) is 4. The van der Waals surface area contributed by atoms with Gasteiger partial charge in [0.25, 0.3) is 5.91 Å². The highest BCUT2D eigenvalue weighted by molar-refractivity contribution is 5.91. The first-order chi connectivity index (χ1) is 10.2. The largest absolute Gasteiger partial charge is 0.396 e. The normalized spacial score (nSPS) is 12.1. The first-order valence-corrected chi connectivity index (χ1v) is 7.07. The molecule has 1 heterocycles. The highest BCUT2D eigenvalue weighted by atomic mass is 16.3. The maximum atomic E-state index is 11.9. The van der Waals surface area contributed by atoms with Crippen LogP contribution in [0.25, 0.3) is 5.69 Å². The number of rotatable bonds is 7. The van der Waals surface area contributed by atoms with Gasteiger partial charge in [-0.1, -0.05) is 25.1 Å². The average Bonchev–Trinajstić information content (AvgIpc) is 3.02. The fourth-order valence-corrected chi connectivity index (χ4v) is 1.89. The van der Waals surface area contributed by atoms with E-state index in [-0.39, 0.29) is 18.4 Å². The lowest BCUT2D eigenvalue weighted by Gasteiger charge is -2.07. The Balaban J connectivity index is 1.85. The van der Waals surface area contributed by atoms with Gasteiger partial charge >= 0.3 is 0 Å². The summed E-state index contributed by atoms with van der Waals surface area (Å²) in [6.07, 6.45) is 3.17. The van der Waals surface area contributed by atoms with Gasteiger partial charge < -0.3 is 10.4 Å². The first-order valence-electron chi connectivity index (χ1n) is 7.07. The molecule has 0 radical (unpaired) electrons. The summed E-state index contributed by atoms with van der Waals surface area (Å²) < 4.78 is 0. The highest BCUT2D eigenvalue weighted by Crippen LogP contribution is 2.05. The molecule has 0 bridgehead atoms. The number of amides is 1. The van der Waals surface area contributed by atoms with Crippen molar-refractivity contribution in [2.24, 2.45) is 5.92 Å². The van der Waals surface area contributed by atoms with Gasteiger partial charge in [-0.05, 0) is 30.9 Å². The number of carbonyl (C=O) groups excluding carboxylic acids is 1. The van der Waals surface area contributed by atoms with E-state index in [1.54, 1.807) is 0 Å². The van der Waals surface area contributed by atoms with Crippen LogP contribution in [0.15, 0.2) is 36.5 Å². The van der Waals surface area contributed by atoms with E-state index in [1.165, 1.54) is 11.0 Å².